The van der Waals surface area contributed by atoms with Crippen LogP contribution in [0.15, 0.2) is 54.6 Å². The van der Waals surface area contributed by atoms with Gasteiger partial charge in [-0.05, 0) is 11.6 Å². The minimum Gasteiger partial charge on any atom is -0.311 e. The smallest absolute Gasteiger partial charge is 0.311 e. The van der Waals surface area contributed by atoms with Crippen molar-refractivity contribution in [3.05, 3.63) is 80.9 Å². The van der Waals surface area contributed by atoms with Crippen molar-refractivity contribution in [1.82, 2.24) is 0 Å². The number of nitro groups is 1. The molecule has 0 spiro atoms. The zero-order chi connectivity index (χ0) is 20.0. The third-order valence-electron chi connectivity index (χ3n) is 4.21. The second-order valence-corrected chi connectivity index (χ2v) is 8.50. The van der Waals surface area contributed by atoms with E-state index in [9.17, 15) is 19.5 Å². The van der Waals surface area contributed by atoms with Crippen molar-refractivity contribution in [3.63, 3.8) is 0 Å². The summed E-state index contributed by atoms with van der Waals surface area (Å²) in [5, 5.41) is 11.6. The Morgan fingerprint density at radius 2 is 1.67 bits per heavy atom. The molecule has 0 aliphatic rings. The molecule has 0 fully saturated rings. The summed E-state index contributed by atoms with van der Waals surface area (Å²) in [6.45, 7) is -0.663. The summed E-state index contributed by atoms with van der Waals surface area (Å²) in [5.41, 5.74) is -0.850. The zero-order valence-electron chi connectivity index (χ0n) is 14.8. The SMILES string of the molecule is COP(=O)(OC)[C@@H](C(=O)c1ccccc1)[C@H](C[N+](=O)[O-])c1ccccc1Cl. The summed E-state index contributed by atoms with van der Waals surface area (Å²) in [6, 6.07) is 14.5. The molecule has 0 unspecified atom stereocenters. The van der Waals surface area contributed by atoms with Crippen LogP contribution >= 0.6 is 19.2 Å². The first-order valence-electron chi connectivity index (χ1n) is 8.00. The van der Waals surface area contributed by atoms with Crippen molar-refractivity contribution in [2.75, 3.05) is 20.8 Å². The third-order valence-corrected chi connectivity index (χ3v) is 6.85. The number of carbonyl (C=O) groups excluding carboxylic acids is 1. The number of ketones is 1. The molecule has 9 heteroatoms. The minimum absolute atomic E-state index is 0.231. The first kappa shape index (κ1) is 21.3. The maximum atomic E-state index is 13.2. The maximum absolute atomic E-state index is 13.2. The zero-order valence-corrected chi connectivity index (χ0v) is 16.4. The van der Waals surface area contributed by atoms with Crippen LogP contribution in [0.3, 0.4) is 0 Å². The molecule has 0 aliphatic carbocycles. The molecule has 0 N–H and O–H groups in total. The molecule has 2 aromatic rings. The summed E-state index contributed by atoms with van der Waals surface area (Å²) >= 11 is 6.23. The molecule has 0 amide bonds. The molecule has 144 valence electrons. The molecule has 0 aliphatic heterocycles. The molecule has 2 atom stereocenters. The topological polar surface area (TPSA) is 95.7 Å². The molecule has 0 saturated heterocycles. The van der Waals surface area contributed by atoms with E-state index in [4.69, 9.17) is 20.6 Å². The van der Waals surface area contributed by atoms with Gasteiger partial charge in [0.1, 0.15) is 5.66 Å². The quantitative estimate of drug-likeness (QED) is 0.262. The minimum atomic E-state index is -4.02. The lowest BCUT2D eigenvalue weighted by molar-refractivity contribution is -0.483. The maximum Gasteiger partial charge on any atom is 0.341 e. The van der Waals surface area contributed by atoms with E-state index in [1.807, 2.05) is 0 Å². The molecule has 2 aromatic carbocycles. The number of rotatable bonds is 9. The normalized spacial score (nSPS) is 13.7. The molecule has 0 aromatic heterocycles. The van der Waals surface area contributed by atoms with Crippen molar-refractivity contribution < 1.29 is 23.3 Å². The van der Waals surface area contributed by atoms with Crippen LogP contribution in [0.4, 0.5) is 0 Å². The predicted octanol–water partition coefficient (Wildman–Crippen LogP) is 4.44. The number of nitrogens with zero attached hydrogens (tertiary/aromatic N) is 1. The number of halogens is 1. The van der Waals surface area contributed by atoms with Gasteiger partial charge in [0.05, 0.1) is 5.92 Å². The van der Waals surface area contributed by atoms with Gasteiger partial charge in [0, 0.05) is 29.7 Å². The van der Waals surface area contributed by atoms with Crippen LogP contribution in [-0.4, -0.2) is 37.1 Å². The number of carbonyl (C=O) groups is 1. The van der Waals surface area contributed by atoms with Crippen molar-refractivity contribution >= 4 is 25.0 Å². The van der Waals surface area contributed by atoms with Gasteiger partial charge in [-0.3, -0.25) is 19.5 Å². The highest BCUT2D eigenvalue weighted by molar-refractivity contribution is 7.55. The largest absolute Gasteiger partial charge is 0.341 e. The van der Waals surface area contributed by atoms with Crippen LogP contribution in [0, 0.1) is 10.1 Å². The van der Waals surface area contributed by atoms with Crippen molar-refractivity contribution in [2.24, 2.45) is 0 Å². The molecule has 0 heterocycles. The highest BCUT2D eigenvalue weighted by Gasteiger charge is 2.48. The second-order valence-electron chi connectivity index (χ2n) is 5.72. The van der Waals surface area contributed by atoms with Crippen LogP contribution in [0.1, 0.15) is 21.8 Å². The van der Waals surface area contributed by atoms with Gasteiger partial charge >= 0.3 is 7.60 Å². The van der Waals surface area contributed by atoms with E-state index in [1.54, 1.807) is 54.6 Å². The number of benzene rings is 2. The first-order chi connectivity index (χ1) is 12.8. The molecular weight excluding hydrogens is 393 g/mol. The van der Waals surface area contributed by atoms with E-state index in [-0.39, 0.29) is 10.6 Å². The van der Waals surface area contributed by atoms with Gasteiger partial charge < -0.3 is 9.05 Å². The summed E-state index contributed by atoms with van der Waals surface area (Å²) in [5.74, 6) is -1.68. The lowest BCUT2D eigenvalue weighted by Crippen LogP contribution is -2.34. The van der Waals surface area contributed by atoms with Crippen molar-refractivity contribution in [2.45, 2.75) is 11.6 Å². The Labute approximate surface area is 161 Å². The highest BCUT2D eigenvalue weighted by Crippen LogP contribution is 2.57. The Balaban J connectivity index is 2.67. The van der Waals surface area contributed by atoms with Crippen LogP contribution < -0.4 is 0 Å². The second kappa shape index (κ2) is 9.24. The molecule has 7 nitrogen and oxygen atoms in total. The molecule has 27 heavy (non-hydrogen) atoms. The first-order valence-corrected chi connectivity index (χ1v) is 9.99. The van der Waals surface area contributed by atoms with Gasteiger partial charge in [-0.2, -0.15) is 0 Å². The fourth-order valence-electron chi connectivity index (χ4n) is 2.93. The average Bonchev–Trinajstić information content (AvgIpc) is 2.68. The van der Waals surface area contributed by atoms with Crippen LogP contribution in [0.2, 0.25) is 5.02 Å². The van der Waals surface area contributed by atoms with E-state index in [0.29, 0.717) is 5.56 Å². The van der Waals surface area contributed by atoms with E-state index in [2.05, 4.69) is 0 Å². The summed E-state index contributed by atoms with van der Waals surface area (Å²) < 4.78 is 23.4. The van der Waals surface area contributed by atoms with Gasteiger partial charge in [-0.25, -0.2) is 0 Å². The van der Waals surface area contributed by atoms with Gasteiger partial charge in [0.15, 0.2) is 5.78 Å². The Morgan fingerprint density at radius 1 is 1.11 bits per heavy atom. The third kappa shape index (κ3) is 4.82. The fourth-order valence-corrected chi connectivity index (χ4v) is 4.94. The fraction of sp³-hybridized carbons (Fsp3) is 0.278. The lowest BCUT2D eigenvalue weighted by atomic mass is 9.91. The Kier molecular flexibility index (Phi) is 7.27. The number of Topliss-reactive ketones (excluding diaryl/α,β-unsaturated/α-hetero) is 1. The Hall–Kier alpha value is -2.05. The molecule has 0 radical (unpaired) electrons. The Bertz CT molecular complexity index is 852. The highest BCUT2D eigenvalue weighted by atomic mass is 35.5. The van der Waals surface area contributed by atoms with Gasteiger partial charge in [-0.1, -0.05) is 60.1 Å². The standard InChI is InChI=1S/C18H19ClNO6P/c1-25-27(24,26-2)18(17(21)13-8-4-3-5-9-13)15(12-20(22)23)14-10-6-7-11-16(14)19/h3-11,15,18H,12H2,1-2H3/t15-,18-/m1/s1. The molecule has 2 rings (SSSR count). The van der Waals surface area contributed by atoms with E-state index < -0.39 is 36.4 Å². The number of hydrogen-bond donors (Lipinski definition) is 0. The van der Waals surface area contributed by atoms with Crippen LogP contribution in [-0.2, 0) is 13.6 Å². The van der Waals surface area contributed by atoms with E-state index in [0.717, 1.165) is 14.2 Å². The van der Waals surface area contributed by atoms with Crippen molar-refractivity contribution in [3.8, 4) is 0 Å². The van der Waals surface area contributed by atoms with E-state index >= 15 is 0 Å². The summed E-state index contributed by atoms with van der Waals surface area (Å²) in [6.07, 6.45) is 0. The van der Waals surface area contributed by atoms with Crippen LogP contribution in [0.25, 0.3) is 0 Å². The summed E-state index contributed by atoms with van der Waals surface area (Å²) in [7, 11) is -1.73. The predicted molar refractivity (Wildman–Crippen MR) is 102 cm³/mol. The monoisotopic (exact) mass is 411 g/mol. The van der Waals surface area contributed by atoms with Gasteiger partial charge in [-0.15, -0.1) is 0 Å². The van der Waals surface area contributed by atoms with E-state index in [1.165, 1.54) is 0 Å². The van der Waals surface area contributed by atoms with Gasteiger partial charge in [0.2, 0.25) is 6.54 Å². The van der Waals surface area contributed by atoms with Gasteiger partial charge in [0.25, 0.3) is 0 Å². The molecular formula is C18H19ClNO6P. The van der Waals surface area contributed by atoms with Crippen LogP contribution in [0.5, 0.6) is 0 Å². The lowest BCUT2D eigenvalue weighted by Gasteiger charge is -2.29. The average molecular weight is 412 g/mol. The number of hydrogen-bond acceptors (Lipinski definition) is 6. The summed E-state index contributed by atoms with van der Waals surface area (Å²) in [4.78, 5) is 24.0. The molecule has 0 bridgehead atoms. The Morgan fingerprint density at radius 3 is 2.19 bits per heavy atom. The van der Waals surface area contributed by atoms with Crippen molar-refractivity contribution in [1.29, 1.82) is 0 Å². The molecule has 0 saturated carbocycles.